The van der Waals surface area contributed by atoms with Crippen LogP contribution in [0.3, 0.4) is 0 Å². The molecule has 116 valence electrons. The highest BCUT2D eigenvalue weighted by Crippen LogP contribution is 2.24. The van der Waals surface area contributed by atoms with E-state index in [1.54, 1.807) is 12.1 Å². The number of halogens is 1. The molecular weight excluding hydrogens is 269 g/mol. The number of carbonyl (C=O) groups is 1. The van der Waals surface area contributed by atoms with Gasteiger partial charge in [-0.15, -0.1) is 0 Å². The first-order chi connectivity index (χ1) is 10.1. The first kappa shape index (κ1) is 15.9. The lowest BCUT2D eigenvalue weighted by Gasteiger charge is -2.38. The van der Waals surface area contributed by atoms with Crippen molar-refractivity contribution < 1.29 is 9.18 Å². The van der Waals surface area contributed by atoms with Gasteiger partial charge in [0, 0.05) is 18.3 Å². The third-order valence-electron chi connectivity index (χ3n) is 4.27. The number of likely N-dealkylation sites (tertiary alicyclic amines) is 1. The molecule has 2 rings (SSSR count). The summed E-state index contributed by atoms with van der Waals surface area (Å²) in [6, 6.07) is 6.09. The molecule has 0 spiro atoms. The molecule has 0 saturated carbocycles. The first-order valence-electron chi connectivity index (χ1n) is 7.62. The van der Waals surface area contributed by atoms with Crippen molar-refractivity contribution in [1.82, 2.24) is 4.90 Å². The zero-order valence-corrected chi connectivity index (χ0v) is 12.5. The Kier molecular flexibility index (Phi) is 5.70. The zero-order valence-electron chi connectivity index (χ0n) is 12.5. The summed E-state index contributed by atoms with van der Waals surface area (Å²) in [5, 5.41) is 2.80. The third kappa shape index (κ3) is 4.51. The number of hydrogen-bond acceptors (Lipinski definition) is 3. The molecule has 1 aliphatic rings. The van der Waals surface area contributed by atoms with Gasteiger partial charge in [-0.05, 0) is 49.6 Å². The molecule has 2 unspecified atom stereocenters. The van der Waals surface area contributed by atoms with Crippen LogP contribution in [0.25, 0.3) is 0 Å². The third-order valence-corrected chi connectivity index (χ3v) is 4.27. The largest absolute Gasteiger partial charge is 0.329 e. The highest BCUT2D eigenvalue weighted by Gasteiger charge is 2.27. The van der Waals surface area contributed by atoms with Crippen LogP contribution < -0.4 is 11.1 Å². The Morgan fingerprint density at radius 3 is 2.76 bits per heavy atom. The fourth-order valence-corrected chi connectivity index (χ4v) is 2.93. The number of rotatable bonds is 5. The maximum absolute atomic E-state index is 12.8. The second-order valence-corrected chi connectivity index (χ2v) is 5.71. The van der Waals surface area contributed by atoms with E-state index in [-0.39, 0.29) is 17.8 Å². The molecule has 1 aromatic rings. The summed E-state index contributed by atoms with van der Waals surface area (Å²) in [4.78, 5) is 14.2. The van der Waals surface area contributed by atoms with E-state index in [0.717, 1.165) is 25.3 Å². The highest BCUT2D eigenvalue weighted by molar-refractivity contribution is 5.92. The van der Waals surface area contributed by atoms with Crippen molar-refractivity contribution in [1.29, 1.82) is 0 Å². The molecule has 0 bridgehead atoms. The van der Waals surface area contributed by atoms with Crippen LogP contribution in [0.1, 0.15) is 26.2 Å². The Labute approximate surface area is 125 Å². The summed E-state index contributed by atoms with van der Waals surface area (Å²) in [5.41, 5.74) is 6.46. The monoisotopic (exact) mass is 293 g/mol. The minimum absolute atomic E-state index is 0.0741. The number of anilines is 1. The topological polar surface area (TPSA) is 58.4 Å². The number of benzene rings is 1. The molecule has 0 aromatic heterocycles. The van der Waals surface area contributed by atoms with Crippen LogP contribution in [0.5, 0.6) is 0 Å². The van der Waals surface area contributed by atoms with E-state index in [1.165, 1.54) is 18.6 Å². The van der Waals surface area contributed by atoms with Gasteiger partial charge < -0.3 is 11.1 Å². The van der Waals surface area contributed by atoms with Crippen molar-refractivity contribution in [2.75, 3.05) is 25.0 Å². The van der Waals surface area contributed by atoms with E-state index >= 15 is 0 Å². The fraction of sp³-hybridized carbons (Fsp3) is 0.562. The molecule has 1 aliphatic heterocycles. The Hall–Kier alpha value is -1.46. The molecule has 1 amide bonds. The second-order valence-electron chi connectivity index (χ2n) is 5.71. The zero-order chi connectivity index (χ0) is 15.2. The Morgan fingerprint density at radius 1 is 1.43 bits per heavy atom. The molecule has 1 heterocycles. The number of nitrogens with zero attached hydrogens (tertiary/aromatic N) is 1. The van der Waals surface area contributed by atoms with Gasteiger partial charge in [0.05, 0.1) is 6.54 Å². The lowest BCUT2D eigenvalue weighted by Crippen LogP contribution is -2.49. The lowest BCUT2D eigenvalue weighted by atomic mass is 9.89. The molecule has 21 heavy (non-hydrogen) atoms. The van der Waals surface area contributed by atoms with Crippen molar-refractivity contribution >= 4 is 11.6 Å². The first-order valence-corrected chi connectivity index (χ1v) is 7.62. The second kappa shape index (κ2) is 7.52. The lowest BCUT2D eigenvalue weighted by molar-refractivity contribution is -0.118. The SMILES string of the molecule is CCC1CCN(CC(=O)Nc2ccc(F)cc2)C(CN)C1. The fourth-order valence-electron chi connectivity index (χ4n) is 2.93. The maximum Gasteiger partial charge on any atom is 0.238 e. The smallest absolute Gasteiger partial charge is 0.238 e. The number of carbonyl (C=O) groups excluding carboxylic acids is 1. The molecule has 1 aromatic carbocycles. The highest BCUT2D eigenvalue weighted by atomic mass is 19.1. The quantitative estimate of drug-likeness (QED) is 0.875. The van der Waals surface area contributed by atoms with E-state index in [2.05, 4.69) is 17.1 Å². The number of nitrogens with two attached hydrogens (primary N) is 1. The van der Waals surface area contributed by atoms with Crippen LogP contribution in [-0.4, -0.2) is 36.5 Å². The van der Waals surface area contributed by atoms with Crippen molar-refractivity contribution in [2.24, 2.45) is 11.7 Å². The molecular formula is C16H24FN3O. The van der Waals surface area contributed by atoms with Gasteiger partial charge in [-0.3, -0.25) is 9.69 Å². The van der Waals surface area contributed by atoms with Gasteiger partial charge in [0.1, 0.15) is 5.82 Å². The van der Waals surface area contributed by atoms with Gasteiger partial charge in [-0.2, -0.15) is 0 Å². The van der Waals surface area contributed by atoms with Crippen LogP contribution in [0.15, 0.2) is 24.3 Å². The molecule has 1 fully saturated rings. The summed E-state index contributed by atoms with van der Waals surface area (Å²) < 4.78 is 12.8. The van der Waals surface area contributed by atoms with Gasteiger partial charge in [-0.1, -0.05) is 13.3 Å². The van der Waals surface area contributed by atoms with E-state index in [4.69, 9.17) is 5.73 Å². The van der Waals surface area contributed by atoms with E-state index in [0.29, 0.717) is 18.8 Å². The van der Waals surface area contributed by atoms with Gasteiger partial charge >= 0.3 is 0 Å². The standard InChI is InChI=1S/C16H24FN3O/c1-2-12-7-8-20(15(9-12)10-18)11-16(21)19-14-5-3-13(17)4-6-14/h3-6,12,15H,2,7-11,18H2,1H3,(H,19,21). The van der Waals surface area contributed by atoms with Gasteiger partial charge in [0.2, 0.25) is 5.91 Å². The minimum Gasteiger partial charge on any atom is -0.329 e. The summed E-state index contributed by atoms with van der Waals surface area (Å²) >= 11 is 0. The summed E-state index contributed by atoms with van der Waals surface area (Å²) in [7, 11) is 0. The van der Waals surface area contributed by atoms with Crippen LogP contribution >= 0.6 is 0 Å². The molecule has 3 N–H and O–H groups in total. The molecule has 4 nitrogen and oxygen atoms in total. The number of amides is 1. The van der Waals surface area contributed by atoms with Crippen molar-refractivity contribution in [3.05, 3.63) is 30.1 Å². The molecule has 1 saturated heterocycles. The van der Waals surface area contributed by atoms with Crippen molar-refractivity contribution in [2.45, 2.75) is 32.2 Å². The van der Waals surface area contributed by atoms with Gasteiger partial charge in [0.15, 0.2) is 0 Å². The normalized spacial score (nSPS) is 23.0. The average molecular weight is 293 g/mol. The average Bonchev–Trinajstić information content (AvgIpc) is 2.50. The van der Waals surface area contributed by atoms with Crippen LogP contribution in [0.2, 0.25) is 0 Å². The molecule has 2 atom stereocenters. The Balaban J connectivity index is 1.88. The van der Waals surface area contributed by atoms with Crippen LogP contribution in [0.4, 0.5) is 10.1 Å². The summed E-state index contributed by atoms with van der Waals surface area (Å²) in [6.07, 6.45) is 3.36. The maximum atomic E-state index is 12.8. The van der Waals surface area contributed by atoms with E-state index < -0.39 is 0 Å². The predicted octanol–water partition coefficient (Wildman–Crippen LogP) is 2.21. The predicted molar refractivity (Wildman–Crippen MR) is 82.5 cm³/mol. The van der Waals surface area contributed by atoms with Crippen LogP contribution in [0, 0.1) is 11.7 Å². The molecule has 0 aliphatic carbocycles. The van der Waals surface area contributed by atoms with E-state index in [1.807, 2.05) is 0 Å². The van der Waals surface area contributed by atoms with Gasteiger partial charge in [0.25, 0.3) is 0 Å². The van der Waals surface area contributed by atoms with E-state index in [9.17, 15) is 9.18 Å². The van der Waals surface area contributed by atoms with Crippen LogP contribution in [-0.2, 0) is 4.79 Å². The van der Waals surface area contributed by atoms with Crippen molar-refractivity contribution in [3.63, 3.8) is 0 Å². The minimum atomic E-state index is -0.308. The number of hydrogen-bond donors (Lipinski definition) is 2. The molecule has 0 radical (unpaired) electrons. The number of piperidine rings is 1. The number of nitrogens with one attached hydrogen (secondary N) is 1. The van der Waals surface area contributed by atoms with Gasteiger partial charge in [-0.25, -0.2) is 4.39 Å². The van der Waals surface area contributed by atoms with Crippen molar-refractivity contribution in [3.8, 4) is 0 Å². The Morgan fingerprint density at radius 2 is 2.14 bits per heavy atom. The molecule has 5 heteroatoms. The Bertz CT molecular complexity index is 463. The summed E-state index contributed by atoms with van der Waals surface area (Å²) in [5.74, 6) is 0.336. The summed E-state index contributed by atoms with van der Waals surface area (Å²) in [6.45, 7) is 4.04.